The van der Waals surface area contributed by atoms with Gasteiger partial charge in [-0.25, -0.2) is 9.00 Å². The zero-order chi connectivity index (χ0) is 17.4. The third-order valence-electron chi connectivity index (χ3n) is 4.50. The van der Waals surface area contributed by atoms with Crippen molar-refractivity contribution in [2.45, 2.75) is 45.6 Å². The average molecular weight is 351 g/mol. The molecule has 1 aromatic carbocycles. The first kappa shape index (κ1) is 17.0. The maximum atomic E-state index is 11.8. The molecule has 24 heavy (non-hydrogen) atoms. The molecular formula is C17H21NO5S. The summed E-state index contributed by atoms with van der Waals surface area (Å²) in [5, 5.41) is 10.5. The van der Waals surface area contributed by atoms with Gasteiger partial charge in [-0.1, -0.05) is 13.8 Å². The second kappa shape index (κ2) is 6.57. The molecule has 0 saturated heterocycles. The molecule has 0 saturated carbocycles. The Kier molecular flexibility index (Phi) is 4.64. The van der Waals surface area contributed by atoms with Gasteiger partial charge in [-0.2, -0.15) is 0 Å². The van der Waals surface area contributed by atoms with Crippen molar-refractivity contribution >= 4 is 33.9 Å². The van der Waals surface area contributed by atoms with Crippen molar-refractivity contribution in [2.24, 2.45) is 5.92 Å². The van der Waals surface area contributed by atoms with Crippen LogP contribution in [0.25, 0.3) is 11.0 Å². The number of anilines is 1. The van der Waals surface area contributed by atoms with Crippen LogP contribution in [0.5, 0.6) is 0 Å². The van der Waals surface area contributed by atoms with E-state index in [-0.39, 0.29) is 5.92 Å². The molecule has 2 unspecified atom stereocenters. The summed E-state index contributed by atoms with van der Waals surface area (Å²) in [7, 11) is 0. The average Bonchev–Trinajstić information content (AvgIpc) is 2.88. The Bertz CT molecular complexity index is 798. The zero-order valence-corrected chi connectivity index (χ0v) is 14.5. The molecule has 0 bridgehead atoms. The molecule has 0 fully saturated rings. The number of rotatable bonds is 5. The standard InChI is InChI=1S/C17H21NO5S/c1-10(2)16(17(19)20)18(24(21)22)11-7-8-13-12-5-3-4-6-14(12)23-15(13)9-11/h7-10,16H,3-6H2,1-2H3,(H,19,20)(H,21,22). The van der Waals surface area contributed by atoms with Crippen LogP contribution < -0.4 is 4.31 Å². The lowest BCUT2D eigenvalue weighted by molar-refractivity contribution is -0.139. The van der Waals surface area contributed by atoms with E-state index in [9.17, 15) is 18.7 Å². The van der Waals surface area contributed by atoms with Crippen LogP contribution in [0, 0.1) is 5.92 Å². The molecule has 7 heteroatoms. The predicted octanol–water partition coefficient (Wildman–Crippen LogP) is 3.36. The van der Waals surface area contributed by atoms with Gasteiger partial charge in [0.2, 0.25) is 0 Å². The Morgan fingerprint density at radius 3 is 2.62 bits per heavy atom. The molecule has 1 heterocycles. The van der Waals surface area contributed by atoms with Crippen LogP contribution in [-0.2, 0) is 28.9 Å². The fourth-order valence-corrected chi connectivity index (χ4v) is 4.22. The molecule has 6 nitrogen and oxygen atoms in total. The number of carboxylic acid groups (broad SMARTS) is 1. The van der Waals surface area contributed by atoms with E-state index in [0.29, 0.717) is 11.3 Å². The van der Waals surface area contributed by atoms with Gasteiger partial charge in [0.25, 0.3) is 11.3 Å². The van der Waals surface area contributed by atoms with E-state index in [4.69, 9.17) is 4.42 Å². The molecule has 130 valence electrons. The normalized spacial score (nSPS) is 16.8. The van der Waals surface area contributed by atoms with Gasteiger partial charge in [0.1, 0.15) is 17.4 Å². The van der Waals surface area contributed by atoms with E-state index in [1.807, 2.05) is 6.07 Å². The monoisotopic (exact) mass is 351 g/mol. The van der Waals surface area contributed by atoms with Gasteiger partial charge < -0.3 is 9.52 Å². The van der Waals surface area contributed by atoms with Crippen LogP contribution in [0.4, 0.5) is 5.69 Å². The van der Waals surface area contributed by atoms with Crippen molar-refractivity contribution in [1.29, 1.82) is 0 Å². The van der Waals surface area contributed by atoms with E-state index in [1.54, 1.807) is 26.0 Å². The summed E-state index contributed by atoms with van der Waals surface area (Å²) in [6.45, 7) is 3.42. The van der Waals surface area contributed by atoms with Gasteiger partial charge >= 0.3 is 5.97 Å². The number of hydrogen-bond donors (Lipinski definition) is 2. The van der Waals surface area contributed by atoms with Gasteiger partial charge in [-0.05, 0) is 37.3 Å². The highest BCUT2D eigenvalue weighted by Crippen LogP contribution is 2.35. The molecule has 0 radical (unpaired) electrons. The zero-order valence-electron chi connectivity index (χ0n) is 13.7. The molecule has 0 spiro atoms. The van der Waals surface area contributed by atoms with Gasteiger partial charge in [-0.15, -0.1) is 0 Å². The second-order valence-corrected chi connectivity index (χ2v) is 7.33. The van der Waals surface area contributed by atoms with Gasteiger partial charge in [0, 0.05) is 23.4 Å². The third kappa shape index (κ3) is 2.93. The number of fused-ring (bicyclic) bond motifs is 3. The van der Waals surface area contributed by atoms with E-state index in [1.165, 1.54) is 5.56 Å². The molecule has 0 amide bonds. The Morgan fingerprint density at radius 2 is 2.00 bits per heavy atom. The highest BCUT2D eigenvalue weighted by molar-refractivity contribution is 7.80. The summed E-state index contributed by atoms with van der Waals surface area (Å²) in [6.07, 6.45) is 4.10. The van der Waals surface area contributed by atoms with E-state index < -0.39 is 23.3 Å². The van der Waals surface area contributed by atoms with Crippen molar-refractivity contribution in [3.8, 4) is 0 Å². The Hall–Kier alpha value is -1.86. The highest BCUT2D eigenvalue weighted by atomic mass is 32.2. The smallest absolute Gasteiger partial charge is 0.327 e. The Balaban J connectivity index is 2.08. The summed E-state index contributed by atoms with van der Waals surface area (Å²) >= 11 is -2.45. The van der Waals surface area contributed by atoms with Gasteiger partial charge in [0.15, 0.2) is 0 Å². The maximum Gasteiger partial charge on any atom is 0.327 e. The van der Waals surface area contributed by atoms with Crippen LogP contribution in [0.1, 0.15) is 38.0 Å². The molecule has 2 N–H and O–H groups in total. The molecule has 1 aliphatic carbocycles. The largest absolute Gasteiger partial charge is 0.480 e. The highest BCUT2D eigenvalue weighted by Gasteiger charge is 2.33. The number of furan rings is 1. The number of aliphatic carboxylic acids is 1. The predicted molar refractivity (Wildman–Crippen MR) is 92.4 cm³/mol. The first-order valence-corrected chi connectivity index (χ1v) is 9.14. The summed E-state index contributed by atoms with van der Waals surface area (Å²) in [4.78, 5) is 11.6. The third-order valence-corrected chi connectivity index (χ3v) is 5.28. The number of carboxylic acids is 1. The van der Waals surface area contributed by atoms with E-state index in [2.05, 4.69) is 0 Å². The Labute approximate surface area is 142 Å². The van der Waals surface area contributed by atoms with Crippen LogP contribution in [0.15, 0.2) is 22.6 Å². The SMILES string of the molecule is CC(C)C(C(=O)O)N(c1ccc2c3c(oc2c1)CCCC3)S(=O)O. The first-order valence-electron chi connectivity index (χ1n) is 8.07. The van der Waals surface area contributed by atoms with Crippen molar-refractivity contribution in [3.05, 3.63) is 29.5 Å². The lowest BCUT2D eigenvalue weighted by Crippen LogP contribution is -2.45. The van der Waals surface area contributed by atoms with Crippen LogP contribution in [0.3, 0.4) is 0 Å². The van der Waals surface area contributed by atoms with Gasteiger partial charge in [0.05, 0.1) is 5.69 Å². The van der Waals surface area contributed by atoms with Crippen LogP contribution in [0.2, 0.25) is 0 Å². The van der Waals surface area contributed by atoms with Crippen molar-refractivity contribution < 1.29 is 23.1 Å². The summed E-state index contributed by atoms with van der Waals surface area (Å²) in [5.41, 5.74) is 2.22. The topological polar surface area (TPSA) is 91.0 Å². The van der Waals surface area contributed by atoms with Crippen LogP contribution >= 0.6 is 0 Å². The lowest BCUT2D eigenvalue weighted by Gasteiger charge is -2.29. The quantitative estimate of drug-likeness (QED) is 0.806. The maximum absolute atomic E-state index is 11.8. The number of benzene rings is 1. The molecule has 3 rings (SSSR count). The fraction of sp³-hybridized carbons (Fsp3) is 0.471. The summed E-state index contributed by atoms with van der Waals surface area (Å²) in [6, 6.07) is 4.12. The van der Waals surface area contributed by atoms with E-state index >= 15 is 0 Å². The minimum absolute atomic E-state index is 0.334. The van der Waals surface area contributed by atoms with Crippen molar-refractivity contribution in [1.82, 2.24) is 0 Å². The lowest BCUT2D eigenvalue weighted by atomic mass is 9.96. The first-order chi connectivity index (χ1) is 11.4. The minimum Gasteiger partial charge on any atom is -0.480 e. The molecule has 0 aliphatic heterocycles. The molecule has 2 atom stereocenters. The number of carbonyl (C=O) groups is 1. The van der Waals surface area contributed by atoms with E-state index in [0.717, 1.165) is 41.1 Å². The number of nitrogens with zero attached hydrogens (tertiary/aromatic N) is 1. The summed E-state index contributed by atoms with van der Waals surface area (Å²) in [5.74, 6) is -0.492. The second-order valence-electron chi connectivity index (χ2n) is 6.47. The number of aryl methyl sites for hydroxylation is 2. The molecule has 1 aliphatic rings. The number of hydrogen-bond acceptors (Lipinski definition) is 3. The molecule has 1 aromatic heterocycles. The summed E-state index contributed by atoms with van der Waals surface area (Å²) < 4.78 is 28.4. The fourth-order valence-electron chi connectivity index (χ4n) is 3.39. The minimum atomic E-state index is -2.45. The molecule has 2 aromatic rings. The molecular weight excluding hydrogens is 330 g/mol. The van der Waals surface area contributed by atoms with Crippen LogP contribution in [-0.4, -0.2) is 25.9 Å². The van der Waals surface area contributed by atoms with Crippen molar-refractivity contribution in [2.75, 3.05) is 4.31 Å². The van der Waals surface area contributed by atoms with Crippen molar-refractivity contribution in [3.63, 3.8) is 0 Å². The Morgan fingerprint density at radius 1 is 1.29 bits per heavy atom. The van der Waals surface area contributed by atoms with Gasteiger partial charge in [-0.3, -0.25) is 8.86 Å².